The van der Waals surface area contributed by atoms with Crippen molar-refractivity contribution >= 4 is 38.9 Å². The second-order valence-corrected chi connectivity index (χ2v) is 6.86. The van der Waals surface area contributed by atoms with Crippen molar-refractivity contribution in [2.24, 2.45) is 0 Å². The molecule has 102 valence electrons. The number of hydrogen-bond acceptors (Lipinski definition) is 1. The lowest BCUT2D eigenvalue weighted by Crippen LogP contribution is -2.04. The maximum absolute atomic E-state index is 12.4. The van der Waals surface area contributed by atoms with Crippen molar-refractivity contribution in [3.05, 3.63) is 56.7 Å². The lowest BCUT2D eigenvalue weighted by molar-refractivity contribution is -0.137. The number of rotatable bonds is 3. The van der Waals surface area contributed by atoms with Crippen molar-refractivity contribution in [2.75, 3.05) is 0 Å². The molecule has 0 aliphatic rings. The van der Waals surface area contributed by atoms with Crippen LogP contribution in [0.5, 0.6) is 0 Å². The van der Waals surface area contributed by atoms with E-state index in [9.17, 15) is 13.2 Å². The molecule has 0 saturated carbocycles. The second kappa shape index (κ2) is 5.85. The summed E-state index contributed by atoms with van der Waals surface area (Å²) in [5.74, 6) is 0. The van der Waals surface area contributed by atoms with E-state index in [4.69, 9.17) is 11.6 Å². The minimum Gasteiger partial charge on any atom is -0.166 e. The summed E-state index contributed by atoms with van der Waals surface area (Å²) in [6.45, 7) is 0. The summed E-state index contributed by atoms with van der Waals surface area (Å²) in [5, 5.41) is 0. The van der Waals surface area contributed by atoms with Gasteiger partial charge in [0.05, 0.1) is 14.7 Å². The Kier molecular flexibility index (Phi) is 4.58. The minimum atomic E-state index is -4.28. The van der Waals surface area contributed by atoms with Crippen LogP contribution in [0.25, 0.3) is 0 Å². The molecular weight excluding hydrogens is 361 g/mol. The highest BCUT2D eigenvalue weighted by Gasteiger charge is 2.29. The molecule has 19 heavy (non-hydrogen) atoms. The fourth-order valence-corrected chi connectivity index (χ4v) is 3.48. The summed E-state index contributed by atoms with van der Waals surface area (Å²) in [5.41, 5.74) is 0.223. The lowest BCUT2D eigenvalue weighted by atomic mass is 10.1. The van der Waals surface area contributed by atoms with Crippen LogP contribution in [0.2, 0.25) is 4.34 Å². The summed E-state index contributed by atoms with van der Waals surface area (Å²) in [6, 6.07) is 8.95. The van der Waals surface area contributed by atoms with E-state index in [2.05, 4.69) is 15.9 Å². The first-order valence-electron chi connectivity index (χ1n) is 5.41. The van der Waals surface area contributed by atoms with Crippen LogP contribution in [0.4, 0.5) is 13.2 Å². The molecule has 0 saturated heterocycles. The minimum absolute atomic E-state index is 0.0572. The summed E-state index contributed by atoms with van der Waals surface area (Å²) in [4.78, 5) is 1.12. The van der Waals surface area contributed by atoms with Crippen LogP contribution >= 0.6 is 38.9 Å². The van der Waals surface area contributed by atoms with E-state index in [1.54, 1.807) is 0 Å². The molecule has 0 N–H and O–H groups in total. The van der Waals surface area contributed by atoms with Crippen LogP contribution < -0.4 is 0 Å². The van der Waals surface area contributed by atoms with Crippen molar-refractivity contribution in [2.45, 2.75) is 17.4 Å². The van der Waals surface area contributed by atoms with E-state index in [0.717, 1.165) is 22.6 Å². The summed E-state index contributed by atoms with van der Waals surface area (Å²) >= 11 is 10.8. The molecule has 1 aromatic heterocycles. The quantitative estimate of drug-likeness (QED) is 0.574. The van der Waals surface area contributed by atoms with Crippen LogP contribution in [0.3, 0.4) is 0 Å². The van der Waals surface area contributed by atoms with Gasteiger partial charge in [-0.1, -0.05) is 39.7 Å². The maximum atomic E-state index is 12.4. The van der Waals surface area contributed by atoms with Gasteiger partial charge >= 0.3 is 6.18 Å². The van der Waals surface area contributed by atoms with Crippen molar-refractivity contribution < 1.29 is 13.2 Å². The van der Waals surface area contributed by atoms with Crippen molar-refractivity contribution in [1.29, 1.82) is 0 Å². The molecule has 2 aromatic rings. The van der Waals surface area contributed by atoms with Gasteiger partial charge in [0.1, 0.15) is 0 Å². The molecule has 0 aliphatic heterocycles. The molecule has 0 aliphatic carbocycles. The number of alkyl halides is 4. The zero-order chi connectivity index (χ0) is 14.0. The van der Waals surface area contributed by atoms with Gasteiger partial charge in [-0.05, 0) is 36.2 Å². The topological polar surface area (TPSA) is 0 Å². The van der Waals surface area contributed by atoms with Gasteiger partial charge in [-0.2, -0.15) is 13.2 Å². The lowest BCUT2D eigenvalue weighted by Gasteiger charge is -2.10. The molecular formula is C13H9BrClF3S. The fraction of sp³-hybridized carbons (Fsp3) is 0.231. The van der Waals surface area contributed by atoms with Gasteiger partial charge in [0.25, 0.3) is 0 Å². The van der Waals surface area contributed by atoms with Gasteiger partial charge < -0.3 is 0 Å². The summed E-state index contributed by atoms with van der Waals surface area (Å²) in [6.07, 6.45) is -3.66. The zero-order valence-electron chi connectivity index (χ0n) is 9.55. The molecule has 0 radical (unpaired) electrons. The Hall–Kier alpha value is -0.520. The first kappa shape index (κ1) is 14.9. The molecule has 0 nitrogen and oxygen atoms in total. The van der Waals surface area contributed by atoms with E-state index in [0.29, 0.717) is 10.8 Å². The summed E-state index contributed by atoms with van der Waals surface area (Å²) in [7, 11) is 0. The highest BCUT2D eigenvalue weighted by atomic mass is 79.9. The highest BCUT2D eigenvalue weighted by Crippen LogP contribution is 2.35. The fourth-order valence-electron chi connectivity index (χ4n) is 1.63. The Labute approximate surface area is 126 Å². The number of benzene rings is 1. The molecule has 2 rings (SSSR count). The summed E-state index contributed by atoms with van der Waals surface area (Å²) < 4.78 is 38.0. The average Bonchev–Trinajstić information content (AvgIpc) is 2.75. The van der Waals surface area contributed by atoms with Gasteiger partial charge in [-0.25, -0.2) is 0 Å². The molecule has 0 fully saturated rings. The molecule has 0 spiro atoms. The van der Waals surface area contributed by atoms with E-state index >= 15 is 0 Å². The maximum Gasteiger partial charge on any atom is 0.416 e. The van der Waals surface area contributed by atoms with E-state index in [1.165, 1.54) is 23.5 Å². The monoisotopic (exact) mass is 368 g/mol. The third kappa shape index (κ3) is 3.97. The van der Waals surface area contributed by atoms with Crippen molar-refractivity contribution in [1.82, 2.24) is 0 Å². The Morgan fingerprint density at radius 2 is 1.74 bits per heavy atom. The SMILES string of the molecule is FC(F)(F)c1ccc(CC(Br)c2ccc(Cl)s2)cc1. The normalized spacial score (nSPS) is 13.5. The molecule has 1 heterocycles. The molecule has 0 amide bonds. The predicted molar refractivity (Wildman–Crippen MR) is 76.1 cm³/mol. The first-order valence-corrected chi connectivity index (χ1v) is 7.53. The smallest absolute Gasteiger partial charge is 0.166 e. The van der Waals surface area contributed by atoms with Crippen molar-refractivity contribution in [3.63, 3.8) is 0 Å². The van der Waals surface area contributed by atoms with Crippen LogP contribution in [0.1, 0.15) is 20.8 Å². The van der Waals surface area contributed by atoms with E-state index < -0.39 is 11.7 Å². The Morgan fingerprint density at radius 3 is 2.21 bits per heavy atom. The Bertz CT molecular complexity index is 548. The standard InChI is InChI=1S/C13H9BrClF3S/c14-10(11-5-6-12(15)19-11)7-8-1-3-9(4-2-8)13(16,17)18/h1-6,10H,7H2. The van der Waals surface area contributed by atoms with Crippen LogP contribution in [-0.2, 0) is 12.6 Å². The zero-order valence-corrected chi connectivity index (χ0v) is 12.7. The largest absolute Gasteiger partial charge is 0.416 e. The van der Waals surface area contributed by atoms with E-state index in [-0.39, 0.29) is 4.83 Å². The third-order valence-corrected chi connectivity index (χ3v) is 5.06. The number of hydrogen-bond donors (Lipinski definition) is 0. The van der Waals surface area contributed by atoms with Gasteiger partial charge in [-0.15, -0.1) is 11.3 Å². The predicted octanol–water partition coefficient (Wildman–Crippen LogP) is 6.10. The number of halogens is 5. The molecule has 6 heteroatoms. The van der Waals surface area contributed by atoms with Crippen LogP contribution in [-0.4, -0.2) is 0 Å². The Balaban J connectivity index is 2.07. The second-order valence-electron chi connectivity index (χ2n) is 4.01. The van der Waals surface area contributed by atoms with Gasteiger partial charge in [0.2, 0.25) is 0 Å². The molecule has 1 unspecified atom stereocenters. The average molecular weight is 370 g/mol. The van der Waals surface area contributed by atoms with Gasteiger partial charge in [0.15, 0.2) is 0 Å². The molecule has 0 bridgehead atoms. The van der Waals surface area contributed by atoms with E-state index in [1.807, 2.05) is 12.1 Å². The van der Waals surface area contributed by atoms with Crippen LogP contribution in [0, 0.1) is 0 Å². The van der Waals surface area contributed by atoms with Crippen molar-refractivity contribution in [3.8, 4) is 0 Å². The molecule has 1 aromatic carbocycles. The van der Waals surface area contributed by atoms with Crippen LogP contribution in [0.15, 0.2) is 36.4 Å². The first-order chi connectivity index (χ1) is 8.86. The van der Waals surface area contributed by atoms with Gasteiger partial charge in [0, 0.05) is 4.88 Å². The van der Waals surface area contributed by atoms with Gasteiger partial charge in [-0.3, -0.25) is 0 Å². The highest BCUT2D eigenvalue weighted by molar-refractivity contribution is 9.09. The number of thiophene rings is 1. The Morgan fingerprint density at radius 1 is 1.11 bits per heavy atom. The third-order valence-electron chi connectivity index (χ3n) is 2.60. The molecule has 1 atom stereocenters.